The van der Waals surface area contributed by atoms with Gasteiger partial charge in [0, 0.05) is 50.8 Å². The zero-order valence-electron chi connectivity index (χ0n) is 20.9. The number of nitrogens with zero attached hydrogens (tertiary/aromatic N) is 3. The Kier molecular flexibility index (Phi) is 9.08. The molecule has 3 aliphatic rings. The highest BCUT2D eigenvalue weighted by molar-refractivity contribution is 5.95. The van der Waals surface area contributed by atoms with Crippen molar-refractivity contribution >= 4 is 18.3 Å². The Hall–Kier alpha value is -2.45. The van der Waals surface area contributed by atoms with Gasteiger partial charge in [-0.15, -0.1) is 0 Å². The van der Waals surface area contributed by atoms with Crippen LogP contribution < -0.4 is 0 Å². The number of benzene rings is 1. The number of piperidine rings is 1. The summed E-state index contributed by atoms with van der Waals surface area (Å²) in [6.07, 6.45) is 3.93. The molecule has 34 heavy (non-hydrogen) atoms. The molecule has 1 saturated carbocycles. The van der Waals surface area contributed by atoms with Gasteiger partial charge >= 0.3 is 0 Å². The molecule has 1 aromatic carbocycles. The van der Waals surface area contributed by atoms with Crippen LogP contribution in [0.3, 0.4) is 0 Å². The van der Waals surface area contributed by atoms with Gasteiger partial charge in [-0.25, -0.2) is 0 Å². The number of carbonyl (C=O) groups is 3. The van der Waals surface area contributed by atoms with Gasteiger partial charge in [0.2, 0.25) is 5.91 Å². The van der Waals surface area contributed by atoms with Crippen molar-refractivity contribution in [3.8, 4) is 0 Å². The van der Waals surface area contributed by atoms with Crippen LogP contribution >= 0.6 is 0 Å². The van der Waals surface area contributed by atoms with Crippen LogP contribution in [0.5, 0.6) is 0 Å². The number of hydrogen-bond acceptors (Lipinski definition) is 5. The first-order valence-corrected chi connectivity index (χ1v) is 12.2. The Labute approximate surface area is 202 Å². The van der Waals surface area contributed by atoms with Crippen LogP contribution in [-0.4, -0.2) is 97.6 Å². The van der Waals surface area contributed by atoms with E-state index in [4.69, 9.17) is 14.6 Å². The number of carboxylic acid groups (broad SMARTS) is 1. The second-order valence-electron chi connectivity index (χ2n) is 10.0. The van der Waals surface area contributed by atoms with E-state index in [9.17, 15) is 9.59 Å². The van der Waals surface area contributed by atoms with Gasteiger partial charge in [0.1, 0.15) is 0 Å². The molecule has 0 bridgehead atoms. The monoisotopic (exact) mass is 473 g/mol. The van der Waals surface area contributed by atoms with E-state index in [1.807, 2.05) is 43.2 Å². The summed E-state index contributed by atoms with van der Waals surface area (Å²) in [4.78, 5) is 40.8. The molecule has 4 rings (SSSR count). The van der Waals surface area contributed by atoms with Crippen LogP contribution in [0.25, 0.3) is 0 Å². The first-order valence-electron chi connectivity index (χ1n) is 12.2. The Morgan fingerprint density at radius 2 is 1.65 bits per heavy atom. The van der Waals surface area contributed by atoms with Crippen molar-refractivity contribution in [2.45, 2.75) is 44.8 Å². The molecule has 188 valence electrons. The Bertz CT molecular complexity index is 853. The molecule has 0 unspecified atom stereocenters. The molecule has 0 aromatic heterocycles. The molecule has 1 aliphatic carbocycles. The molecule has 0 radical (unpaired) electrons. The number of methoxy groups -OCH3 is 1. The van der Waals surface area contributed by atoms with Crippen molar-refractivity contribution in [1.82, 2.24) is 14.7 Å². The summed E-state index contributed by atoms with van der Waals surface area (Å²) in [6, 6.07) is 8.18. The van der Waals surface area contributed by atoms with E-state index in [0.717, 1.165) is 49.9 Å². The van der Waals surface area contributed by atoms with Crippen molar-refractivity contribution in [2.75, 3.05) is 47.4 Å². The average molecular weight is 474 g/mol. The Balaban J connectivity index is 0.00000103. The van der Waals surface area contributed by atoms with Crippen molar-refractivity contribution in [3.05, 3.63) is 35.4 Å². The standard InChI is InChI=1S/C25H37N3O3.CH2O2/c1-17-7-5-6-8-21(17)25(30)27-11-9-18(10-12-27)24(29)28-15-19-13-22(26(2)3)23(31-4)14-20(19)16-28;2-1-3/h5-8,18-20,22-23H,9-16H2,1-4H3;1H,(H,2,3)/t19-,20+,22-,23-;/m1./s1. The topological polar surface area (TPSA) is 90.4 Å². The molecule has 2 heterocycles. The molecule has 1 aromatic rings. The van der Waals surface area contributed by atoms with E-state index < -0.39 is 0 Å². The van der Waals surface area contributed by atoms with Crippen LogP contribution in [0, 0.1) is 24.7 Å². The zero-order valence-corrected chi connectivity index (χ0v) is 20.9. The summed E-state index contributed by atoms with van der Waals surface area (Å²) in [7, 11) is 6.06. The highest BCUT2D eigenvalue weighted by Gasteiger charge is 2.45. The molecule has 2 amide bonds. The normalized spacial score (nSPS) is 27.1. The zero-order chi connectivity index (χ0) is 24.8. The lowest BCUT2D eigenvalue weighted by molar-refractivity contribution is -0.136. The fourth-order valence-corrected chi connectivity index (χ4v) is 5.94. The summed E-state index contributed by atoms with van der Waals surface area (Å²) in [5.41, 5.74) is 1.79. The molecule has 0 spiro atoms. The lowest BCUT2D eigenvalue weighted by Gasteiger charge is -2.40. The highest BCUT2D eigenvalue weighted by atomic mass is 16.5. The van der Waals surface area contributed by atoms with Crippen LogP contribution in [0.15, 0.2) is 24.3 Å². The lowest BCUT2D eigenvalue weighted by atomic mass is 9.77. The van der Waals surface area contributed by atoms with E-state index in [0.29, 0.717) is 36.9 Å². The predicted molar refractivity (Wildman–Crippen MR) is 130 cm³/mol. The number of fused-ring (bicyclic) bond motifs is 1. The van der Waals surface area contributed by atoms with Crippen LogP contribution in [-0.2, 0) is 14.3 Å². The van der Waals surface area contributed by atoms with Crippen molar-refractivity contribution in [1.29, 1.82) is 0 Å². The summed E-state index contributed by atoms with van der Waals surface area (Å²) in [5.74, 6) is 1.56. The lowest BCUT2D eigenvalue weighted by Crippen LogP contribution is -2.47. The van der Waals surface area contributed by atoms with Gasteiger partial charge in [-0.2, -0.15) is 0 Å². The Morgan fingerprint density at radius 3 is 2.21 bits per heavy atom. The van der Waals surface area contributed by atoms with Crippen molar-refractivity contribution < 1.29 is 24.2 Å². The SMILES string of the molecule is CO[C@@H]1C[C@H]2CN(C(=O)C3CCN(C(=O)c4ccccc4C)CC3)C[C@H]2C[C@H]1N(C)C.O=CO. The molecule has 8 heteroatoms. The van der Waals surface area contributed by atoms with Crippen molar-refractivity contribution in [2.24, 2.45) is 17.8 Å². The number of likely N-dealkylation sites (N-methyl/N-ethyl adjacent to an activating group) is 1. The quantitative estimate of drug-likeness (QED) is 0.676. The van der Waals surface area contributed by atoms with Gasteiger partial charge in [0.05, 0.1) is 6.10 Å². The number of amides is 2. The summed E-state index contributed by atoms with van der Waals surface area (Å²) >= 11 is 0. The van der Waals surface area contributed by atoms with Crippen LogP contribution in [0.1, 0.15) is 41.6 Å². The molecule has 3 fully saturated rings. The second-order valence-corrected chi connectivity index (χ2v) is 10.0. The fourth-order valence-electron chi connectivity index (χ4n) is 5.94. The maximum absolute atomic E-state index is 13.3. The number of likely N-dealkylation sites (tertiary alicyclic amines) is 2. The molecule has 4 atom stereocenters. The number of hydrogen-bond donors (Lipinski definition) is 1. The number of aryl methyl sites for hydroxylation is 1. The van der Waals surface area contributed by atoms with E-state index in [2.05, 4.69) is 23.9 Å². The van der Waals surface area contributed by atoms with Crippen LogP contribution in [0.4, 0.5) is 0 Å². The summed E-state index contributed by atoms with van der Waals surface area (Å²) in [6.45, 7) is 4.81. The van der Waals surface area contributed by atoms with Gasteiger partial charge in [-0.3, -0.25) is 14.4 Å². The molecule has 2 saturated heterocycles. The number of rotatable bonds is 4. The molecular weight excluding hydrogens is 434 g/mol. The molecular formula is C26H39N3O5. The van der Waals surface area contributed by atoms with Gasteiger partial charge in [0.25, 0.3) is 12.4 Å². The minimum Gasteiger partial charge on any atom is -0.483 e. The van der Waals surface area contributed by atoms with E-state index in [-0.39, 0.29) is 24.4 Å². The molecule has 8 nitrogen and oxygen atoms in total. The maximum atomic E-state index is 13.3. The van der Waals surface area contributed by atoms with Gasteiger partial charge in [-0.05, 0) is 70.2 Å². The van der Waals surface area contributed by atoms with Gasteiger partial charge in [-0.1, -0.05) is 18.2 Å². The van der Waals surface area contributed by atoms with Crippen molar-refractivity contribution in [3.63, 3.8) is 0 Å². The van der Waals surface area contributed by atoms with Gasteiger partial charge in [0.15, 0.2) is 0 Å². The second kappa shape index (κ2) is 11.8. The van der Waals surface area contributed by atoms with E-state index >= 15 is 0 Å². The number of ether oxygens (including phenoxy) is 1. The third-order valence-electron chi connectivity index (χ3n) is 7.87. The Morgan fingerprint density at radius 1 is 1.06 bits per heavy atom. The fraction of sp³-hybridized carbons (Fsp3) is 0.654. The van der Waals surface area contributed by atoms with E-state index in [1.165, 1.54) is 0 Å². The molecule has 2 aliphatic heterocycles. The summed E-state index contributed by atoms with van der Waals surface area (Å²) in [5, 5.41) is 6.89. The minimum absolute atomic E-state index is 0.0453. The van der Waals surface area contributed by atoms with E-state index in [1.54, 1.807) is 0 Å². The third kappa shape index (κ3) is 5.78. The average Bonchev–Trinajstić information content (AvgIpc) is 3.26. The highest BCUT2D eigenvalue weighted by Crippen LogP contribution is 2.39. The van der Waals surface area contributed by atoms with Crippen LogP contribution in [0.2, 0.25) is 0 Å². The number of carbonyl (C=O) groups excluding carboxylic acids is 2. The maximum Gasteiger partial charge on any atom is 0.290 e. The third-order valence-corrected chi connectivity index (χ3v) is 7.87. The smallest absolute Gasteiger partial charge is 0.290 e. The van der Waals surface area contributed by atoms with Gasteiger partial charge < -0.3 is 24.5 Å². The summed E-state index contributed by atoms with van der Waals surface area (Å²) < 4.78 is 5.78. The molecule has 1 N–H and O–H groups in total. The first-order chi connectivity index (χ1) is 16.3. The first kappa shape index (κ1) is 26.2. The minimum atomic E-state index is -0.250. The largest absolute Gasteiger partial charge is 0.483 e. The predicted octanol–water partition coefficient (Wildman–Crippen LogP) is 2.36.